The number of aromatic nitrogens is 1. The maximum absolute atomic E-state index is 11.7. The van der Waals surface area contributed by atoms with E-state index in [2.05, 4.69) is 4.98 Å². The Bertz CT molecular complexity index is 299. The summed E-state index contributed by atoms with van der Waals surface area (Å²) < 4.78 is 0. The van der Waals surface area contributed by atoms with Gasteiger partial charge in [-0.15, -0.1) is 0 Å². The van der Waals surface area contributed by atoms with Crippen molar-refractivity contribution in [3.8, 4) is 0 Å². The fraction of sp³-hybridized carbons (Fsp3) is 0.400. The Morgan fingerprint density at radius 1 is 1.57 bits per heavy atom. The summed E-state index contributed by atoms with van der Waals surface area (Å²) >= 11 is 0. The van der Waals surface area contributed by atoms with Crippen molar-refractivity contribution in [2.75, 3.05) is 13.6 Å². The average molecular weight is 193 g/mol. The zero-order valence-electron chi connectivity index (χ0n) is 8.47. The van der Waals surface area contributed by atoms with Gasteiger partial charge in [0.15, 0.2) is 0 Å². The lowest BCUT2D eigenvalue weighted by atomic mass is 10.1. The Hall–Kier alpha value is -1.42. The van der Waals surface area contributed by atoms with Crippen LogP contribution in [0.4, 0.5) is 0 Å². The summed E-state index contributed by atoms with van der Waals surface area (Å²) in [4.78, 5) is 17.1. The first-order valence-corrected chi connectivity index (χ1v) is 4.57. The molecule has 1 aromatic rings. The predicted molar refractivity (Wildman–Crippen MR) is 54.5 cm³/mol. The number of nitrogens with zero attached hydrogens (tertiary/aromatic N) is 2. The largest absolute Gasteiger partial charge is 0.344 e. The molecule has 0 saturated heterocycles. The summed E-state index contributed by atoms with van der Waals surface area (Å²) in [5.74, 6) is -0.0706. The third-order valence-corrected chi connectivity index (χ3v) is 2.18. The van der Waals surface area contributed by atoms with Gasteiger partial charge in [-0.25, -0.2) is 0 Å². The monoisotopic (exact) mass is 193 g/mol. The van der Waals surface area contributed by atoms with Crippen molar-refractivity contribution in [3.05, 3.63) is 30.1 Å². The molecule has 76 valence electrons. The first kappa shape index (κ1) is 10.7. The second-order valence-electron chi connectivity index (χ2n) is 3.11. The Kier molecular flexibility index (Phi) is 3.59. The highest BCUT2D eigenvalue weighted by Gasteiger charge is 2.18. The van der Waals surface area contributed by atoms with Crippen molar-refractivity contribution in [1.82, 2.24) is 9.88 Å². The maximum atomic E-state index is 11.7. The summed E-state index contributed by atoms with van der Waals surface area (Å²) in [7, 11) is 1.74. The lowest BCUT2D eigenvalue weighted by molar-refractivity contribution is -0.131. The summed E-state index contributed by atoms with van der Waals surface area (Å²) in [6.07, 6.45) is 3.27. The lowest BCUT2D eigenvalue weighted by Gasteiger charge is -2.19. The van der Waals surface area contributed by atoms with E-state index in [0.29, 0.717) is 6.54 Å². The standard InChI is InChI=1S/C10H15N3O/c1-3-13(2)10(14)9(11)8-4-6-12-7-5-8/h4-7,9H,3,11H2,1-2H3. The van der Waals surface area contributed by atoms with Crippen LogP contribution in [-0.2, 0) is 4.79 Å². The molecule has 4 heteroatoms. The Labute approximate surface area is 83.7 Å². The van der Waals surface area contributed by atoms with E-state index in [1.807, 2.05) is 6.92 Å². The number of pyridine rings is 1. The summed E-state index contributed by atoms with van der Waals surface area (Å²) in [6, 6.07) is 2.93. The second-order valence-corrected chi connectivity index (χ2v) is 3.11. The Morgan fingerprint density at radius 3 is 2.64 bits per heavy atom. The summed E-state index contributed by atoms with van der Waals surface area (Å²) in [6.45, 7) is 2.58. The molecular weight excluding hydrogens is 178 g/mol. The van der Waals surface area contributed by atoms with Crippen LogP contribution in [0.3, 0.4) is 0 Å². The molecule has 1 amide bonds. The molecule has 1 rings (SSSR count). The van der Waals surface area contributed by atoms with E-state index >= 15 is 0 Å². The summed E-state index contributed by atoms with van der Waals surface area (Å²) in [5, 5.41) is 0. The van der Waals surface area contributed by atoms with Crippen LogP contribution >= 0.6 is 0 Å². The molecule has 0 aliphatic carbocycles. The van der Waals surface area contributed by atoms with E-state index in [4.69, 9.17) is 5.73 Å². The predicted octanol–water partition coefficient (Wildman–Crippen LogP) is 0.560. The fourth-order valence-corrected chi connectivity index (χ4v) is 1.11. The number of hydrogen-bond donors (Lipinski definition) is 1. The molecular formula is C10H15N3O. The van der Waals surface area contributed by atoms with Crippen molar-refractivity contribution >= 4 is 5.91 Å². The molecule has 1 aromatic heterocycles. The van der Waals surface area contributed by atoms with Gasteiger partial charge in [-0.2, -0.15) is 0 Å². The van der Waals surface area contributed by atoms with Gasteiger partial charge < -0.3 is 10.6 Å². The minimum absolute atomic E-state index is 0.0706. The van der Waals surface area contributed by atoms with E-state index in [9.17, 15) is 4.79 Å². The molecule has 0 aliphatic rings. The molecule has 0 aliphatic heterocycles. The average Bonchev–Trinajstić information content (AvgIpc) is 2.27. The van der Waals surface area contributed by atoms with Gasteiger partial charge in [0.2, 0.25) is 5.91 Å². The zero-order chi connectivity index (χ0) is 10.6. The van der Waals surface area contributed by atoms with Gasteiger partial charge in [0.1, 0.15) is 6.04 Å². The van der Waals surface area contributed by atoms with Gasteiger partial charge >= 0.3 is 0 Å². The van der Waals surface area contributed by atoms with Crippen LogP contribution in [-0.4, -0.2) is 29.4 Å². The van der Waals surface area contributed by atoms with Crippen LogP contribution in [0.25, 0.3) is 0 Å². The number of carbonyl (C=O) groups is 1. The molecule has 4 nitrogen and oxygen atoms in total. The van der Waals surface area contributed by atoms with Gasteiger partial charge in [0.25, 0.3) is 0 Å². The third-order valence-electron chi connectivity index (χ3n) is 2.18. The molecule has 0 saturated carbocycles. The minimum Gasteiger partial charge on any atom is -0.344 e. The van der Waals surface area contributed by atoms with Gasteiger partial charge in [-0.3, -0.25) is 9.78 Å². The highest BCUT2D eigenvalue weighted by Crippen LogP contribution is 2.10. The molecule has 1 atom stereocenters. The van der Waals surface area contributed by atoms with Gasteiger partial charge in [-0.05, 0) is 24.6 Å². The van der Waals surface area contributed by atoms with Crippen LogP contribution < -0.4 is 5.73 Å². The summed E-state index contributed by atoms with van der Waals surface area (Å²) in [5.41, 5.74) is 6.59. The Morgan fingerprint density at radius 2 is 2.14 bits per heavy atom. The van der Waals surface area contributed by atoms with E-state index in [1.54, 1.807) is 36.5 Å². The highest BCUT2D eigenvalue weighted by atomic mass is 16.2. The van der Waals surface area contributed by atoms with Gasteiger partial charge in [0.05, 0.1) is 0 Å². The van der Waals surface area contributed by atoms with Crippen molar-refractivity contribution in [2.45, 2.75) is 13.0 Å². The van der Waals surface area contributed by atoms with E-state index in [-0.39, 0.29) is 5.91 Å². The van der Waals surface area contributed by atoms with E-state index < -0.39 is 6.04 Å². The SMILES string of the molecule is CCN(C)C(=O)C(N)c1ccncc1. The number of rotatable bonds is 3. The number of likely N-dealkylation sites (N-methyl/N-ethyl adjacent to an activating group) is 1. The quantitative estimate of drug-likeness (QED) is 0.763. The first-order valence-electron chi connectivity index (χ1n) is 4.57. The number of hydrogen-bond acceptors (Lipinski definition) is 3. The lowest BCUT2D eigenvalue weighted by Crippen LogP contribution is -2.35. The molecule has 0 fully saturated rings. The van der Waals surface area contributed by atoms with Crippen molar-refractivity contribution in [3.63, 3.8) is 0 Å². The molecule has 0 aromatic carbocycles. The topological polar surface area (TPSA) is 59.2 Å². The highest BCUT2D eigenvalue weighted by molar-refractivity contribution is 5.82. The van der Waals surface area contributed by atoms with Crippen LogP contribution in [0.2, 0.25) is 0 Å². The number of carbonyl (C=O) groups excluding carboxylic acids is 1. The number of amides is 1. The van der Waals surface area contributed by atoms with Gasteiger partial charge in [0, 0.05) is 26.0 Å². The van der Waals surface area contributed by atoms with Crippen LogP contribution in [0.15, 0.2) is 24.5 Å². The second kappa shape index (κ2) is 4.72. The number of nitrogens with two attached hydrogens (primary N) is 1. The third kappa shape index (κ3) is 2.29. The van der Waals surface area contributed by atoms with Crippen molar-refractivity contribution < 1.29 is 4.79 Å². The normalized spacial score (nSPS) is 12.2. The fourth-order valence-electron chi connectivity index (χ4n) is 1.11. The molecule has 0 radical (unpaired) electrons. The van der Waals surface area contributed by atoms with Crippen LogP contribution in [0.5, 0.6) is 0 Å². The molecule has 14 heavy (non-hydrogen) atoms. The van der Waals surface area contributed by atoms with E-state index in [0.717, 1.165) is 5.56 Å². The van der Waals surface area contributed by atoms with Crippen LogP contribution in [0.1, 0.15) is 18.5 Å². The van der Waals surface area contributed by atoms with Crippen LogP contribution in [0, 0.1) is 0 Å². The van der Waals surface area contributed by atoms with Crippen molar-refractivity contribution in [1.29, 1.82) is 0 Å². The van der Waals surface area contributed by atoms with Gasteiger partial charge in [-0.1, -0.05) is 0 Å². The first-order chi connectivity index (χ1) is 6.66. The molecule has 1 unspecified atom stereocenters. The molecule has 0 bridgehead atoms. The minimum atomic E-state index is -0.581. The molecule has 0 spiro atoms. The smallest absolute Gasteiger partial charge is 0.243 e. The van der Waals surface area contributed by atoms with E-state index in [1.165, 1.54) is 0 Å². The van der Waals surface area contributed by atoms with Crippen molar-refractivity contribution in [2.24, 2.45) is 5.73 Å². The zero-order valence-corrected chi connectivity index (χ0v) is 8.47. The Balaban J connectivity index is 2.76. The molecule has 2 N–H and O–H groups in total. The maximum Gasteiger partial charge on any atom is 0.243 e. The molecule has 1 heterocycles.